The lowest BCUT2D eigenvalue weighted by atomic mass is 9.88. The van der Waals surface area contributed by atoms with Crippen molar-refractivity contribution < 1.29 is 9.59 Å². The van der Waals surface area contributed by atoms with Crippen molar-refractivity contribution in [3.8, 4) is 0 Å². The summed E-state index contributed by atoms with van der Waals surface area (Å²) in [5.41, 5.74) is 6.96. The van der Waals surface area contributed by atoms with Crippen molar-refractivity contribution >= 4 is 17.5 Å². The lowest BCUT2D eigenvalue weighted by Crippen LogP contribution is -2.52. The van der Waals surface area contributed by atoms with E-state index >= 15 is 0 Å². The van der Waals surface area contributed by atoms with Crippen molar-refractivity contribution in [2.24, 2.45) is 5.92 Å². The molecule has 2 N–H and O–H groups in total. The fourth-order valence-corrected chi connectivity index (χ4v) is 3.60. The van der Waals surface area contributed by atoms with E-state index in [0.717, 1.165) is 12.8 Å². The van der Waals surface area contributed by atoms with Crippen LogP contribution in [0, 0.1) is 5.92 Å². The van der Waals surface area contributed by atoms with E-state index in [1.165, 1.54) is 19.3 Å². The molecule has 0 atom stereocenters. The molecule has 2 aliphatic rings. The van der Waals surface area contributed by atoms with Crippen molar-refractivity contribution in [3.63, 3.8) is 0 Å². The summed E-state index contributed by atoms with van der Waals surface area (Å²) in [6, 6.07) is 7.16. The smallest absolute Gasteiger partial charge is 0.256 e. The normalized spacial score (nSPS) is 19.7. The van der Waals surface area contributed by atoms with Gasteiger partial charge in [0, 0.05) is 37.8 Å². The van der Waals surface area contributed by atoms with Gasteiger partial charge in [0.2, 0.25) is 5.91 Å². The van der Waals surface area contributed by atoms with Crippen LogP contribution in [0.2, 0.25) is 0 Å². The Morgan fingerprint density at radius 1 is 0.913 bits per heavy atom. The Kier molecular flexibility index (Phi) is 4.84. The Labute approximate surface area is 137 Å². The van der Waals surface area contributed by atoms with Crippen molar-refractivity contribution in [2.45, 2.75) is 32.1 Å². The standard InChI is InChI=1S/C18H25N3O2/c19-16-9-5-4-8-15(16)18(23)21-12-10-20(11-13-21)17(22)14-6-2-1-3-7-14/h4-5,8-9,14H,1-3,6-7,10-13,19H2. The summed E-state index contributed by atoms with van der Waals surface area (Å²) in [6.45, 7) is 2.44. The van der Waals surface area contributed by atoms with Crippen LogP contribution in [0.25, 0.3) is 0 Å². The van der Waals surface area contributed by atoms with Crippen molar-refractivity contribution in [1.82, 2.24) is 9.80 Å². The molecule has 3 rings (SSSR count). The zero-order chi connectivity index (χ0) is 16.2. The first-order valence-corrected chi connectivity index (χ1v) is 8.59. The van der Waals surface area contributed by atoms with Crippen molar-refractivity contribution in [1.29, 1.82) is 0 Å². The van der Waals surface area contributed by atoms with E-state index in [9.17, 15) is 9.59 Å². The molecule has 0 radical (unpaired) electrons. The van der Waals surface area contributed by atoms with Gasteiger partial charge in [-0.3, -0.25) is 9.59 Å². The number of rotatable bonds is 2. The number of anilines is 1. The second-order valence-electron chi connectivity index (χ2n) is 6.54. The molecule has 2 amide bonds. The first-order valence-electron chi connectivity index (χ1n) is 8.59. The molecule has 5 heteroatoms. The zero-order valence-corrected chi connectivity index (χ0v) is 13.5. The highest BCUT2D eigenvalue weighted by Gasteiger charge is 2.30. The number of nitrogens with two attached hydrogens (primary N) is 1. The van der Waals surface area contributed by atoms with Crippen LogP contribution in [0.3, 0.4) is 0 Å². The third-order valence-electron chi connectivity index (χ3n) is 5.02. The predicted molar refractivity (Wildman–Crippen MR) is 89.9 cm³/mol. The number of carbonyl (C=O) groups is 2. The minimum absolute atomic E-state index is 0.0344. The van der Waals surface area contributed by atoms with Gasteiger partial charge in [0.25, 0.3) is 5.91 Å². The van der Waals surface area contributed by atoms with Crippen LogP contribution in [0.1, 0.15) is 42.5 Å². The second-order valence-corrected chi connectivity index (χ2v) is 6.54. The van der Waals surface area contributed by atoms with E-state index in [2.05, 4.69) is 0 Å². The molecule has 2 fully saturated rings. The van der Waals surface area contributed by atoms with Crippen molar-refractivity contribution in [2.75, 3.05) is 31.9 Å². The van der Waals surface area contributed by atoms with Gasteiger partial charge in [-0.1, -0.05) is 31.4 Å². The first-order chi connectivity index (χ1) is 11.2. The molecule has 0 aromatic heterocycles. The number of benzene rings is 1. The van der Waals surface area contributed by atoms with E-state index in [-0.39, 0.29) is 17.7 Å². The van der Waals surface area contributed by atoms with Crippen LogP contribution in [-0.4, -0.2) is 47.8 Å². The summed E-state index contributed by atoms with van der Waals surface area (Å²) in [7, 11) is 0. The number of hydrogen-bond donors (Lipinski definition) is 1. The Hall–Kier alpha value is -2.04. The molecular weight excluding hydrogens is 290 g/mol. The molecule has 0 spiro atoms. The number of nitrogens with zero attached hydrogens (tertiary/aromatic N) is 2. The minimum Gasteiger partial charge on any atom is -0.398 e. The van der Waals surface area contributed by atoms with Gasteiger partial charge < -0.3 is 15.5 Å². The molecule has 1 heterocycles. The molecule has 0 unspecified atom stereocenters. The fraction of sp³-hybridized carbons (Fsp3) is 0.556. The van der Waals surface area contributed by atoms with Gasteiger partial charge in [-0.2, -0.15) is 0 Å². The fourth-order valence-electron chi connectivity index (χ4n) is 3.60. The van der Waals surface area contributed by atoms with Crippen LogP contribution in [-0.2, 0) is 4.79 Å². The lowest BCUT2D eigenvalue weighted by Gasteiger charge is -2.37. The molecule has 5 nitrogen and oxygen atoms in total. The summed E-state index contributed by atoms with van der Waals surface area (Å²) in [5, 5.41) is 0. The topological polar surface area (TPSA) is 66.6 Å². The largest absolute Gasteiger partial charge is 0.398 e. The van der Waals surface area contributed by atoms with E-state index < -0.39 is 0 Å². The maximum absolute atomic E-state index is 12.6. The minimum atomic E-state index is -0.0344. The van der Waals surface area contributed by atoms with Crippen LogP contribution < -0.4 is 5.73 Å². The maximum atomic E-state index is 12.6. The van der Waals surface area contributed by atoms with Crippen LogP contribution in [0.5, 0.6) is 0 Å². The van der Waals surface area contributed by atoms with Crippen molar-refractivity contribution in [3.05, 3.63) is 29.8 Å². The molecule has 124 valence electrons. The lowest BCUT2D eigenvalue weighted by molar-refractivity contribution is -0.138. The number of hydrogen-bond acceptors (Lipinski definition) is 3. The highest BCUT2D eigenvalue weighted by molar-refractivity contribution is 5.99. The number of carbonyl (C=O) groups excluding carboxylic acids is 2. The molecule has 1 aliphatic heterocycles. The quantitative estimate of drug-likeness (QED) is 0.850. The second kappa shape index (κ2) is 7.02. The maximum Gasteiger partial charge on any atom is 0.256 e. The number of nitrogen functional groups attached to an aromatic ring is 1. The number of piperazine rings is 1. The molecule has 1 saturated carbocycles. The SMILES string of the molecule is Nc1ccccc1C(=O)N1CCN(C(=O)C2CCCCC2)CC1. The van der Waals surface area contributed by atoms with E-state index in [1.807, 2.05) is 17.0 Å². The van der Waals surface area contributed by atoms with Gasteiger partial charge in [-0.05, 0) is 25.0 Å². The third-order valence-corrected chi connectivity index (χ3v) is 5.02. The van der Waals surface area contributed by atoms with Gasteiger partial charge in [0.05, 0.1) is 5.56 Å². The third kappa shape index (κ3) is 3.49. The van der Waals surface area contributed by atoms with E-state index in [0.29, 0.717) is 37.4 Å². The average molecular weight is 315 g/mol. The highest BCUT2D eigenvalue weighted by Crippen LogP contribution is 2.26. The summed E-state index contributed by atoms with van der Waals surface area (Å²) in [5.74, 6) is 0.458. The molecule has 1 saturated heterocycles. The molecule has 1 aromatic rings. The number of para-hydroxylation sites is 1. The van der Waals surface area contributed by atoms with Gasteiger partial charge in [-0.25, -0.2) is 0 Å². The van der Waals surface area contributed by atoms with Gasteiger partial charge in [0.1, 0.15) is 0 Å². The summed E-state index contributed by atoms with van der Waals surface area (Å²) < 4.78 is 0. The van der Waals surface area contributed by atoms with E-state index in [1.54, 1.807) is 17.0 Å². The van der Waals surface area contributed by atoms with Crippen LogP contribution in [0.15, 0.2) is 24.3 Å². The zero-order valence-electron chi connectivity index (χ0n) is 13.5. The van der Waals surface area contributed by atoms with Gasteiger partial charge in [-0.15, -0.1) is 0 Å². The molecule has 1 aromatic carbocycles. The van der Waals surface area contributed by atoms with Gasteiger partial charge in [0.15, 0.2) is 0 Å². The summed E-state index contributed by atoms with van der Waals surface area (Å²) in [6.07, 6.45) is 5.64. The monoisotopic (exact) mass is 315 g/mol. The summed E-state index contributed by atoms with van der Waals surface area (Å²) in [4.78, 5) is 28.8. The van der Waals surface area contributed by atoms with E-state index in [4.69, 9.17) is 5.73 Å². The number of amides is 2. The average Bonchev–Trinajstić information content (AvgIpc) is 2.62. The Balaban J connectivity index is 1.57. The highest BCUT2D eigenvalue weighted by atomic mass is 16.2. The molecule has 1 aliphatic carbocycles. The first kappa shape index (κ1) is 15.8. The molecule has 23 heavy (non-hydrogen) atoms. The molecule has 0 bridgehead atoms. The molecular formula is C18H25N3O2. The van der Waals surface area contributed by atoms with Crippen LogP contribution in [0.4, 0.5) is 5.69 Å². The Morgan fingerprint density at radius 2 is 1.52 bits per heavy atom. The van der Waals surface area contributed by atoms with Crippen LogP contribution >= 0.6 is 0 Å². The Bertz CT molecular complexity index is 573. The van der Waals surface area contributed by atoms with Gasteiger partial charge >= 0.3 is 0 Å². The predicted octanol–water partition coefficient (Wildman–Crippen LogP) is 2.13. The Morgan fingerprint density at radius 3 is 2.17 bits per heavy atom. The summed E-state index contributed by atoms with van der Waals surface area (Å²) >= 11 is 0.